The largest absolute Gasteiger partial charge is 0.440 e. The van der Waals surface area contributed by atoms with Crippen molar-refractivity contribution in [2.45, 2.75) is 0 Å². The van der Waals surface area contributed by atoms with Gasteiger partial charge in [0.2, 0.25) is 10.0 Å². The van der Waals surface area contributed by atoms with E-state index in [1.807, 2.05) is 0 Å². The van der Waals surface area contributed by atoms with Crippen molar-refractivity contribution in [3.8, 4) is 0 Å². The molecule has 0 spiro atoms. The molecule has 0 aromatic carbocycles. The zero-order valence-corrected chi connectivity index (χ0v) is 10.1. The van der Waals surface area contributed by atoms with Gasteiger partial charge in [-0.2, -0.15) is 0 Å². The van der Waals surface area contributed by atoms with Crippen LogP contribution in [0.1, 0.15) is 10.6 Å². The van der Waals surface area contributed by atoms with Crippen LogP contribution < -0.4 is 10.0 Å². The van der Waals surface area contributed by atoms with Gasteiger partial charge in [0.25, 0.3) is 5.91 Å². The average molecular weight is 267 g/mol. The third-order valence-electron chi connectivity index (χ3n) is 1.57. The molecule has 16 heavy (non-hydrogen) atoms. The molecular formula is C8H11ClN2O4S. The summed E-state index contributed by atoms with van der Waals surface area (Å²) in [5.74, 6) is -0.355. The first-order valence-electron chi connectivity index (χ1n) is 4.36. The van der Waals surface area contributed by atoms with Gasteiger partial charge in [-0.3, -0.25) is 4.79 Å². The SMILES string of the molecule is CS(=O)(=O)NCCNC(=O)c1ccc(Cl)o1. The fraction of sp³-hybridized carbons (Fsp3) is 0.375. The summed E-state index contributed by atoms with van der Waals surface area (Å²) in [4.78, 5) is 11.3. The predicted molar refractivity (Wildman–Crippen MR) is 58.9 cm³/mol. The van der Waals surface area contributed by atoms with E-state index in [-0.39, 0.29) is 24.1 Å². The zero-order chi connectivity index (χ0) is 12.2. The van der Waals surface area contributed by atoms with E-state index < -0.39 is 15.9 Å². The van der Waals surface area contributed by atoms with Crippen molar-refractivity contribution in [3.63, 3.8) is 0 Å². The van der Waals surface area contributed by atoms with Gasteiger partial charge in [0.15, 0.2) is 11.0 Å². The summed E-state index contributed by atoms with van der Waals surface area (Å²) in [6.07, 6.45) is 1.04. The number of rotatable bonds is 5. The fourth-order valence-corrected chi connectivity index (χ4v) is 1.55. The molecule has 1 heterocycles. The molecule has 0 aliphatic heterocycles. The van der Waals surface area contributed by atoms with E-state index in [4.69, 9.17) is 16.0 Å². The van der Waals surface area contributed by atoms with Crippen molar-refractivity contribution in [2.24, 2.45) is 0 Å². The number of amides is 1. The summed E-state index contributed by atoms with van der Waals surface area (Å²) in [5, 5.41) is 2.59. The summed E-state index contributed by atoms with van der Waals surface area (Å²) in [6.45, 7) is 0.295. The van der Waals surface area contributed by atoms with Gasteiger partial charge in [-0.25, -0.2) is 13.1 Å². The number of hydrogen-bond acceptors (Lipinski definition) is 4. The summed E-state index contributed by atoms with van der Waals surface area (Å²) in [6, 6.07) is 2.88. The smallest absolute Gasteiger partial charge is 0.287 e. The van der Waals surface area contributed by atoms with E-state index >= 15 is 0 Å². The van der Waals surface area contributed by atoms with Gasteiger partial charge >= 0.3 is 0 Å². The Morgan fingerprint density at radius 1 is 1.44 bits per heavy atom. The molecule has 0 fully saturated rings. The number of hydrogen-bond donors (Lipinski definition) is 2. The van der Waals surface area contributed by atoms with Crippen molar-refractivity contribution in [2.75, 3.05) is 19.3 Å². The fourth-order valence-electron chi connectivity index (χ4n) is 0.936. The molecule has 0 unspecified atom stereocenters. The molecule has 0 radical (unpaired) electrons. The second kappa shape index (κ2) is 5.33. The number of carbonyl (C=O) groups excluding carboxylic acids is 1. The van der Waals surface area contributed by atoms with E-state index in [0.717, 1.165) is 6.26 Å². The van der Waals surface area contributed by atoms with Gasteiger partial charge in [-0.05, 0) is 23.7 Å². The Balaban J connectivity index is 2.31. The van der Waals surface area contributed by atoms with Crippen LogP contribution >= 0.6 is 11.6 Å². The van der Waals surface area contributed by atoms with E-state index in [2.05, 4.69) is 10.0 Å². The standard InChI is InChI=1S/C8H11ClN2O4S/c1-16(13,14)11-5-4-10-8(12)6-2-3-7(9)15-6/h2-3,11H,4-5H2,1H3,(H,10,12). The van der Waals surface area contributed by atoms with Crippen molar-refractivity contribution >= 4 is 27.5 Å². The maximum atomic E-state index is 11.3. The van der Waals surface area contributed by atoms with Crippen LogP contribution in [0.25, 0.3) is 0 Å². The number of nitrogens with one attached hydrogen (secondary N) is 2. The van der Waals surface area contributed by atoms with Crippen molar-refractivity contribution < 1.29 is 17.6 Å². The highest BCUT2D eigenvalue weighted by Crippen LogP contribution is 2.12. The van der Waals surface area contributed by atoms with Crippen LogP contribution in [0.3, 0.4) is 0 Å². The number of carbonyl (C=O) groups is 1. The summed E-state index contributed by atoms with van der Waals surface area (Å²) in [5.41, 5.74) is 0. The van der Waals surface area contributed by atoms with Crippen LogP contribution in [-0.4, -0.2) is 33.7 Å². The predicted octanol–water partition coefficient (Wildman–Crippen LogP) is 0.212. The first-order chi connectivity index (χ1) is 7.38. The Morgan fingerprint density at radius 2 is 2.12 bits per heavy atom. The Morgan fingerprint density at radius 3 is 2.62 bits per heavy atom. The highest BCUT2D eigenvalue weighted by molar-refractivity contribution is 7.88. The molecule has 0 aliphatic carbocycles. The lowest BCUT2D eigenvalue weighted by molar-refractivity contribution is 0.0927. The number of furan rings is 1. The van der Waals surface area contributed by atoms with Gasteiger partial charge in [-0.15, -0.1) is 0 Å². The van der Waals surface area contributed by atoms with Crippen LogP contribution in [0.15, 0.2) is 16.5 Å². The molecule has 6 nitrogen and oxygen atoms in total. The normalized spacial score (nSPS) is 11.4. The minimum Gasteiger partial charge on any atom is -0.440 e. The lowest BCUT2D eigenvalue weighted by Crippen LogP contribution is -2.34. The Labute approximate surface area is 98.0 Å². The molecule has 1 amide bonds. The first-order valence-corrected chi connectivity index (χ1v) is 6.63. The topological polar surface area (TPSA) is 88.4 Å². The molecule has 0 saturated carbocycles. The van der Waals surface area contributed by atoms with Crippen LogP contribution in [0, 0.1) is 0 Å². The zero-order valence-electron chi connectivity index (χ0n) is 8.49. The molecular weight excluding hydrogens is 256 g/mol. The number of halogens is 1. The Kier molecular flexibility index (Phi) is 4.34. The molecule has 0 saturated heterocycles. The van der Waals surface area contributed by atoms with Crippen LogP contribution in [0.5, 0.6) is 0 Å². The lowest BCUT2D eigenvalue weighted by atomic mass is 10.4. The Hall–Kier alpha value is -1.05. The molecule has 90 valence electrons. The molecule has 8 heteroatoms. The summed E-state index contributed by atoms with van der Waals surface area (Å²) in [7, 11) is -3.23. The van der Waals surface area contributed by atoms with Crippen molar-refractivity contribution in [3.05, 3.63) is 23.1 Å². The summed E-state index contributed by atoms with van der Waals surface area (Å²) < 4.78 is 28.5. The van der Waals surface area contributed by atoms with Crippen molar-refractivity contribution in [1.82, 2.24) is 10.0 Å². The highest BCUT2D eigenvalue weighted by Gasteiger charge is 2.09. The highest BCUT2D eigenvalue weighted by atomic mass is 35.5. The van der Waals surface area contributed by atoms with Gasteiger partial charge in [0.05, 0.1) is 6.26 Å². The molecule has 1 rings (SSSR count). The minimum absolute atomic E-state index is 0.0874. The third kappa shape index (κ3) is 4.65. The van der Waals surface area contributed by atoms with Gasteiger partial charge < -0.3 is 9.73 Å². The molecule has 0 bridgehead atoms. The van der Waals surface area contributed by atoms with Crippen molar-refractivity contribution in [1.29, 1.82) is 0 Å². The van der Waals surface area contributed by atoms with E-state index in [9.17, 15) is 13.2 Å². The second-order valence-corrected chi connectivity index (χ2v) is 5.23. The first kappa shape index (κ1) is 13.0. The van der Waals surface area contributed by atoms with E-state index in [0.29, 0.717) is 0 Å². The van der Waals surface area contributed by atoms with E-state index in [1.54, 1.807) is 0 Å². The molecule has 0 aliphatic rings. The lowest BCUT2D eigenvalue weighted by Gasteiger charge is -2.03. The molecule has 1 aromatic rings. The van der Waals surface area contributed by atoms with Gasteiger partial charge in [-0.1, -0.05) is 0 Å². The summed E-state index contributed by atoms with van der Waals surface area (Å²) >= 11 is 5.49. The maximum absolute atomic E-state index is 11.3. The van der Waals surface area contributed by atoms with Gasteiger partial charge in [0, 0.05) is 13.1 Å². The maximum Gasteiger partial charge on any atom is 0.287 e. The van der Waals surface area contributed by atoms with Crippen LogP contribution in [0.2, 0.25) is 5.22 Å². The molecule has 2 N–H and O–H groups in total. The molecule has 0 atom stereocenters. The van der Waals surface area contributed by atoms with Crippen LogP contribution in [-0.2, 0) is 10.0 Å². The Bertz CT molecular complexity index is 468. The average Bonchev–Trinajstić information content (AvgIpc) is 2.57. The second-order valence-electron chi connectivity index (χ2n) is 3.03. The molecule has 1 aromatic heterocycles. The third-order valence-corrected chi connectivity index (χ3v) is 2.50. The van der Waals surface area contributed by atoms with E-state index in [1.165, 1.54) is 12.1 Å². The van der Waals surface area contributed by atoms with Crippen LogP contribution in [0.4, 0.5) is 0 Å². The quantitative estimate of drug-likeness (QED) is 0.746. The minimum atomic E-state index is -3.23. The number of sulfonamides is 1. The monoisotopic (exact) mass is 266 g/mol. The van der Waals surface area contributed by atoms with Gasteiger partial charge in [0.1, 0.15) is 0 Å².